The number of likely N-dealkylation sites (tertiary alicyclic amines) is 2. The minimum Gasteiger partial charge on any atom is -0.369 e. The zero-order chi connectivity index (χ0) is 21.9. The summed E-state index contributed by atoms with van der Waals surface area (Å²) in [6.07, 6.45) is 14.4. The van der Waals surface area contributed by atoms with Gasteiger partial charge in [-0.25, -0.2) is 0 Å². The van der Waals surface area contributed by atoms with Crippen molar-refractivity contribution in [2.45, 2.75) is 95.2 Å². The predicted octanol–water partition coefficient (Wildman–Crippen LogP) is 1.33. The van der Waals surface area contributed by atoms with E-state index in [4.69, 9.17) is 10.6 Å². The van der Waals surface area contributed by atoms with Crippen molar-refractivity contribution in [3.8, 4) is 0 Å². The number of rotatable bonds is 6. The number of carbonyl (C=O) groups excluding carboxylic acids is 1. The van der Waals surface area contributed by atoms with Gasteiger partial charge in [-0.3, -0.25) is 24.7 Å². The molecule has 1 aliphatic carbocycles. The molecule has 1 saturated carbocycles. The molecule has 5 fully saturated rings. The Bertz CT molecular complexity index is 622. The van der Waals surface area contributed by atoms with Crippen LogP contribution in [0.1, 0.15) is 70.6 Å². The summed E-state index contributed by atoms with van der Waals surface area (Å²) < 4.78 is 0. The second kappa shape index (κ2) is 10.7. The Morgan fingerprint density at radius 1 is 0.969 bits per heavy atom. The first kappa shape index (κ1) is 23.0. The van der Waals surface area contributed by atoms with Gasteiger partial charge >= 0.3 is 0 Å². The van der Waals surface area contributed by atoms with Gasteiger partial charge < -0.3 is 11.1 Å². The molecule has 5 aliphatic rings. The Kier molecular flexibility index (Phi) is 7.66. The van der Waals surface area contributed by atoms with E-state index in [2.05, 4.69) is 25.9 Å². The maximum atomic E-state index is 11.5. The van der Waals surface area contributed by atoms with Gasteiger partial charge in [-0.1, -0.05) is 19.3 Å². The van der Waals surface area contributed by atoms with Crippen LogP contribution in [0.25, 0.3) is 0 Å². The fraction of sp³-hybridized carbons (Fsp3) is 0.958. The molecule has 5 N–H and O–H groups in total. The van der Waals surface area contributed by atoms with Crippen molar-refractivity contribution in [3.63, 3.8) is 0 Å². The van der Waals surface area contributed by atoms with Crippen LogP contribution in [-0.4, -0.2) is 73.0 Å². The lowest BCUT2D eigenvalue weighted by Crippen LogP contribution is -2.57. The number of primary amides is 1. The van der Waals surface area contributed by atoms with Gasteiger partial charge in [0.1, 0.15) is 6.23 Å². The maximum absolute atomic E-state index is 11.5. The molecule has 0 bridgehead atoms. The zero-order valence-electron chi connectivity index (χ0n) is 19.6. The molecule has 32 heavy (non-hydrogen) atoms. The minimum absolute atomic E-state index is 0.0564. The summed E-state index contributed by atoms with van der Waals surface area (Å²) >= 11 is 0. The molecule has 0 aromatic rings. The Hall–Kier alpha value is -0.770. The largest absolute Gasteiger partial charge is 0.369 e. The number of hydroxylamine groups is 1. The van der Waals surface area contributed by atoms with E-state index in [0.717, 1.165) is 51.2 Å². The molecule has 182 valence electrons. The van der Waals surface area contributed by atoms with Crippen LogP contribution in [0.15, 0.2) is 0 Å². The zero-order valence-corrected chi connectivity index (χ0v) is 19.6. The lowest BCUT2D eigenvalue weighted by molar-refractivity contribution is -0.123. The molecule has 5 atom stereocenters. The molecule has 0 radical (unpaired) electrons. The van der Waals surface area contributed by atoms with E-state index in [-0.39, 0.29) is 24.2 Å². The Labute approximate surface area is 193 Å². The maximum Gasteiger partial charge on any atom is 0.220 e. The number of nitrogens with one attached hydrogen (secondary N) is 3. The number of piperidine rings is 2. The number of hydrogen-bond donors (Lipinski definition) is 4. The number of amides is 1. The van der Waals surface area contributed by atoms with Crippen molar-refractivity contribution < 1.29 is 9.63 Å². The molecule has 0 aromatic heterocycles. The van der Waals surface area contributed by atoms with Crippen molar-refractivity contribution in [2.24, 2.45) is 23.5 Å². The topological polar surface area (TPSA) is 94.9 Å². The fourth-order valence-electron chi connectivity index (χ4n) is 6.94. The van der Waals surface area contributed by atoms with Gasteiger partial charge in [0.2, 0.25) is 5.91 Å². The summed E-state index contributed by atoms with van der Waals surface area (Å²) in [4.78, 5) is 22.9. The lowest BCUT2D eigenvalue weighted by atomic mass is 9.88. The monoisotopic (exact) mass is 448 g/mol. The molecule has 8 heteroatoms. The van der Waals surface area contributed by atoms with Gasteiger partial charge in [-0.15, -0.1) is 0 Å². The molecule has 0 spiro atoms. The van der Waals surface area contributed by atoms with Crippen LogP contribution >= 0.6 is 0 Å². The van der Waals surface area contributed by atoms with Gasteiger partial charge in [0.25, 0.3) is 0 Å². The molecule has 4 heterocycles. The van der Waals surface area contributed by atoms with Gasteiger partial charge in [0, 0.05) is 25.6 Å². The molecule has 1 amide bonds. The number of carbonyl (C=O) groups is 1. The second-order valence-electron chi connectivity index (χ2n) is 11.0. The molecular formula is C24H44N6O2. The van der Waals surface area contributed by atoms with E-state index in [1.54, 1.807) is 0 Å². The summed E-state index contributed by atoms with van der Waals surface area (Å²) in [6.45, 7) is 5.44. The Morgan fingerprint density at radius 3 is 2.56 bits per heavy atom. The van der Waals surface area contributed by atoms with Crippen molar-refractivity contribution in [1.82, 2.24) is 25.9 Å². The third-order valence-electron chi connectivity index (χ3n) is 8.91. The molecule has 0 aromatic carbocycles. The highest BCUT2D eigenvalue weighted by Crippen LogP contribution is 2.31. The first-order chi connectivity index (χ1) is 15.7. The molecule has 8 nitrogen and oxygen atoms in total. The van der Waals surface area contributed by atoms with Crippen LogP contribution in [0.2, 0.25) is 0 Å². The van der Waals surface area contributed by atoms with E-state index in [9.17, 15) is 4.79 Å². The molecule has 5 rings (SSSR count). The van der Waals surface area contributed by atoms with E-state index in [1.807, 2.05) is 0 Å². The second-order valence-corrected chi connectivity index (χ2v) is 11.0. The predicted molar refractivity (Wildman–Crippen MR) is 124 cm³/mol. The summed E-state index contributed by atoms with van der Waals surface area (Å²) in [5, 5.41) is 7.54. The molecule has 5 unspecified atom stereocenters. The van der Waals surface area contributed by atoms with Gasteiger partial charge in [0.05, 0.1) is 18.4 Å². The van der Waals surface area contributed by atoms with Crippen LogP contribution in [0.5, 0.6) is 0 Å². The third-order valence-corrected chi connectivity index (χ3v) is 8.91. The molecule has 4 saturated heterocycles. The van der Waals surface area contributed by atoms with Crippen molar-refractivity contribution in [2.75, 3.05) is 32.7 Å². The van der Waals surface area contributed by atoms with Gasteiger partial charge in [0.15, 0.2) is 0 Å². The summed E-state index contributed by atoms with van der Waals surface area (Å²) in [6, 6.07) is 0.500. The van der Waals surface area contributed by atoms with Crippen molar-refractivity contribution in [3.05, 3.63) is 0 Å². The van der Waals surface area contributed by atoms with E-state index < -0.39 is 0 Å². The molecular weight excluding hydrogens is 404 g/mol. The lowest BCUT2D eigenvalue weighted by Gasteiger charge is -2.42. The van der Waals surface area contributed by atoms with Crippen molar-refractivity contribution >= 4 is 5.91 Å². The highest BCUT2D eigenvalue weighted by Gasteiger charge is 2.42. The average molecular weight is 449 g/mol. The minimum atomic E-state index is -0.133. The number of nitrogens with zero attached hydrogens (tertiary/aromatic N) is 2. The average Bonchev–Trinajstić information content (AvgIpc) is 3.49. The fourth-order valence-corrected chi connectivity index (χ4v) is 6.94. The first-order valence-electron chi connectivity index (χ1n) is 13.4. The van der Waals surface area contributed by atoms with Crippen LogP contribution in [0.3, 0.4) is 0 Å². The van der Waals surface area contributed by atoms with Gasteiger partial charge in [-0.2, -0.15) is 5.48 Å². The number of nitrogens with two attached hydrogens (primary N) is 1. The van der Waals surface area contributed by atoms with Crippen LogP contribution in [-0.2, 0) is 9.63 Å². The highest BCUT2D eigenvalue weighted by molar-refractivity contribution is 5.76. The summed E-state index contributed by atoms with van der Waals surface area (Å²) in [7, 11) is 0. The summed E-state index contributed by atoms with van der Waals surface area (Å²) in [5.74, 6) is 1.36. The highest BCUT2D eigenvalue weighted by atomic mass is 16.7. The first-order valence-corrected chi connectivity index (χ1v) is 13.4. The van der Waals surface area contributed by atoms with Crippen LogP contribution in [0.4, 0.5) is 0 Å². The van der Waals surface area contributed by atoms with Gasteiger partial charge in [-0.05, 0) is 76.3 Å². The number of hydrogen-bond acceptors (Lipinski definition) is 7. The Morgan fingerprint density at radius 2 is 1.78 bits per heavy atom. The van der Waals surface area contributed by atoms with Crippen LogP contribution in [0, 0.1) is 17.8 Å². The standard InChI is InChI=1S/C24H44N6O2/c25-22(31)18-9-13-29(14-10-18)21-15-19(8-11-26-21)23-27-24(32-28-23)20-7-4-12-30(20)16-17-5-2-1-3-6-17/h17-21,23-24,26-28H,1-16H2,(H2,25,31). The molecule has 4 aliphatic heterocycles. The SMILES string of the molecule is NC(=O)C1CCN(C2CC(C3NOC(C4CCCN4CC4CCCCC4)N3)CCN2)CC1. The van der Waals surface area contributed by atoms with Crippen LogP contribution < -0.4 is 21.8 Å². The third kappa shape index (κ3) is 5.31. The summed E-state index contributed by atoms with van der Waals surface area (Å²) in [5.41, 5.74) is 8.89. The quantitative estimate of drug-likeness (QED) is 0.487. The van der Waals surface area contributed by atoms with E-state index >= 15 is 0 Å². The van der Waals surface area contributed by atoms with Crippen molar-refractivity contribution in [1.29, 1.82) is 0 Å². The normalized spacial score (nSPS) is 38.9. The Balaban J connectivity index is 1.11. The van der Waals surface area contributed by atoms with E-state index in [1.165, 1.54) is 58.0 Å². The van der Waals surface area contributed by atoms with E-state index in [0.29, 0.717) is 18.1 Å². The smallest absolute Gasteiger partial charge is 0.220 e.